The molecule has 1 aromatic carbocycles. The van der Waals surface area contributed by atoms with Gasteiger partial charge >= 0.3 is 0 Å². The van der Waals surface area contributed by atoms with Crippen LogP contribution in [-0.4, -0.2) is 14.2 Å². The molecule has 1 rings (SSSR count). The second kappa shape index (κ2) is 2.53. The monoisotopic (exact) mass is 123 g/mol. The van der Waals surface area contributed by atoms with E-state index in [2.05, 4.69) is 4.37 Å². The van der Waals surface area contributed by atoms with Gasteiger partial charge in [0.25, 0.3) is 5.75 Å². The van der Waals surface area contributed by atoms with Crippen LogP contribution >= 0.6 is 0 Å². The van der Waals surface area contributed by atoms with Gasteiger partial charge in [0.05, 0.1) is 0 Å². The van der Waals surface area contributed by atoms with E-state index < -0.39 is 0 Å². The molecular formula is C8H11O+. The van der Waals surface area contributed by atoms with Crippen molar-refractivity contribution in [3.8, 4) is 5.75 Å². The fourth-order valence-electron chi connectivity index (χ4n) is 0.693. The van der Waals surface area contributed by atoms with E-state index in [1.165, 1.54) is 0 Å². The van der Waals surface area contributed by atoms with Crippen LogP contribution in [0.4, 0.5) is 0 Å². The largest absolute Gasteiger partial charge is 0.576 e. The molecule has 0 saturated carbocycles. The van der Waals surface area contributed by atoms with Crippen LogP contribution in [0, 0.1) is 0 Å². The van der Waals surface area contributed by atoms with Crippen LogP contribution in [0.25, 0.3) is 0 Å². The van der Waals surface area contributed by atoms with Crippen LogP contribution in [0.1, 0.15) is 0 Å². The van der Waals surface area contributed by atoms with Gasteiger partial charge in [-0.1, -0.05) is 18.2 Å². The van der Waals surface area contributed by atoms with E-state index in [1.54, 1.807) is 0 Å². The van der Waals surface area contributed by atoms with Crippen LogP contribution in [0.5, 0.6) is 5.75 Å². The van der Waals surface area contributed by atoms with Crippen LogP contribution in [0.3, 0.4) is 0 Å². The standard InChI is InChI=1S/C8H11O/c1-9(2)8-6-4-3-5-7-8/h3-7H,1-2H3/q+1. The first kappa shape index (κ1) is 6.14. The molecule has 0 aliphatic heterocycles. The van der Waals surface area contributed by atoms with Gasteiger partial charge in [0.15, 0.2) is 14.2 Å². The van der Waals surface area contributed by atoms with E-state index in [0.29, 0.717) is 0 Å². The molecule has 0 aromatic heterocycles. The summed E-state index contributed by atoms with van der Waals surface area (Å²) in [5.41, 5.74) is 0. The van der Waals surface area contributed by atoms with Crippen LogP contribution in [-0.2, 0) is 4.37 Å². The summed E-state index contributed by atoms with van der Waals surface area (Å²) in [6, 6.07) is 10.1. The van der Waals surface area contributed by atoms with E-state index in [0.717, 1.165) is 5.75 Å². The number of rotatable bonds is 1. The molecule has 1 heteroatoms. The van der Waals surface area contributed by atoms with Crippen molar-refractivity contribution in [2.24, 2.45) is 0 Å². The molecule has 0 N–H and O–H groups in total. The first-order valence-corrected chi connectivity index (χ1v) is 2.93. The lowest BCUT2D eigenvalue weighted by Crippen LogP contribution is -1.89. The van der Waals surface area contributed by atoms with Crippen molar-refractivity contribution in [2.45, 2.75) is 0 Å². The molecule has 0 aliphatic rings. The quantitative estimate of drug-likeness (QED) is 0.503. The van der Waals surface area contributed by atoms with Gasteiger partial charge in [-0.15, -0.1) is 0 Å². The van der Waals surface area contributed by atoms with Crippen molar-refractivity contribution < 1.29 is 4.37 Å². The molecule has 0 unspecified atom stereocenters. The molecule has 48 valence electrons. The van der Waals surface area contributed by atoms with Crippen molar-refractivity contribution in [1.82, 2.24) is 0 Å². The predicted octanol–water partition coefficient (Wildman–Crippen LogP) is 2.21. The average molecular weight is 123 g/mol. The van der Waals surface area contributed by atoms with Gasteiger partial charge in [-0.2, -0.15) is 0 Å². The zero-order chi connectivity index (χ0) is 6.69. The van der Waals surface area contributed by atoms with Crippen molar-refractivity contribution in [1.29, 1.82) is 0 Å². The van der Waals surface area contributed by atoms with E-state index in [4.69, 9.17) is 0 Å². The topological polar surface area (TPSA) is 2.70 Å². The maximum absolute atomic E-state index is 2.80. The minimum absolute atomic E-state index is 1.16. The Labute approximate surface area is 55.6 Å². The van der Waals surface area contributed by atoms with E-state index in [1.807, 2.05) is 44.6 Å². The van der Waals surface area contributed by atoms with Crippen LogP contribution in [0.15, 0.2) is 30.3 Å². The molecular weight excluding hydrogens is 112 g/mol. The summed E-state index contributed by atoms with van der Waals surface area (Å²) in [4.78, 5) is 0. The fraction of sp³-hybridized carbons (Fsp3) is 0.250. The van der Waals surface area contributed by atoms with Crippen LogP contribution < -0.4 is 0 Å². The van der Waals surface area contributed by atoms with Crippen molar-refractivity contribution in [3.05, 3.63) is 30.3 Å². The van der Waals surface area contributed by atoms with Gasteiger partial charge in [-0.05, 0) is 0 Å². The normalized spacial score (nSPS) is 9.11. The molecule has 0 amide bonds. The summed E-state index contributed by atoms with van der Waals surface area (Å²) < 4.78 is 2.80. The fourth-order valence-corrected chi connectivity index (χ4v) is 0.693. The number of hydrogen-bond donors (Lipinski definition) is 0. The Morgan fingerprint density at radius 1 is 1.00 bits per heavy atom. The highest BCUT2D eigenvalue weighted by atomic mass is 16.7. The molecule has 0 spiro atoms. The second-order valence-electron chi connectivity index (χ2n) is 2.13. The van der Waals surface area contributed by atoms with Gasteiger partial charge in [-0.25, -0.2) is 0 Å². The number of para-hydroxylation sites is 1. The average Bonchev–Trinajstić information content (AvgIpc) is 1.90. The lowest BCUT2D eigenvalue weighted by atomic mass is 10.3. The van der Waals surface area contributed by atoms with Gasteiger partial charge in [0.2, 0.25) is 0 Å². The third kappa shape index (κ3) is 1.46. The molecule has 0 saturated heterocycles. The summed E-state index contributed by atoms with van der Waals surface area (Å²) in [6.45, 7) is 0. The summed E-state index contributed by atoms with van der Waals surface area (Å²) in [5.74, 6) is 1.16. The Kier molecular flexibility index (Phi) is 1.73. The van der Waals surface area contributed by atoms with E-state index in [-0.39, 0.29) is 0 Å². The van der Waals surface area contributed by atoms with Crippen molar-refractivity contribution in [3.63, 3.8) is 0 Å². The zero-order valence-electron chi connectivity index (χ0n) is 5.79. The highest BCUT2D eigenvalue weighted by molar-refractivity contribution is 5.21. The molecule has 1 nitrogen and oxygen atoms in total. The van der Waals surface area contributed by atoms with Crippen molar-refractivity contribution >= 4 is 0 Å². The van der Waals surface area contributed by atoms with Gasteiger partial charge < -0.3 is 4.37 Å². The lowest BCUT2D eigenvalue weighted by molar-refractivity contribution is 0.0493. The van der Waals surface area contributed by atoms with Gasteiger partial charge in [0.1, 0.15) is 0 Å². The van der Waals surface area contributed by atoms with Crippen LogP contribution in [0.2, 0.25) is 0 Å². The first-order valence-electron chi connectivity index (χ1n) is 2.93. The number of benzene rings is 1. The highest BCUT2D eigenvalue weighted by Gasteiger charge is 1.94. The van der Waals surface area contributed by atoms with Crippen molar-refractivity contribution in [2.75, 3.05) is 14.2 Å². The Balaban J connectivity index is 2.85. The summed E-state index contributed by atoms with van der Waals surface area (Å²) in [7, 11) is 3.91. The lowest BCUT2D eigenvalue weighted by Gasteiger charge is -2.10. The maximum Gasteiger partial charge on any atom is 0.254 e. The molecule has 0 atom stereocenters. The maximum atomic E-state index is 2.80. The Hall–Kier alpha value is -0.980. The molecule has 0 radical (unpaired) electrons. The molecule has 1 aromatic rings. The first-order chi connectivity index (χ1) is 4.30. The third-order valence-electron chi connectivity index (χ3n) is 1.21. The summed E-state index contributed by atoms with van der Waals surface area (Å²) in [6.07, 6.45) is 0. The zero-order valence-corrected chi connectivity index (χ0v) is 5.79. The Morgan fingerprint density at radius 3 is 1.89 bits per heavy atom. The molecule has 0 bridgehead atoms. The Bertz CT molecular complexity index is 167. The van der Waals surface area contributed by atoms with Gasteiger partial charge in [-0.3, -0.25) is 0 Å². The Morgan fingerprint density at radius 2 is 1.56 bits per heavy atom. The van der Waals surface area contributed by atoms with E-state index >= 15 is 0 Å². The summed E-state index contributed by atoms with van der Waals surface area (Å²) >= 11 is 0. The van der Waals surface area contributed by atoms with Gasteiger partial charge in [0, 0.05) is 12.1 Å². The molecule has 9 heavy (non-hydrogen) atoms. The van der Waals surface area contributed by atoms with E-state index in [9.17, 15) is 0 Å². The smallest absolute Gasteiger partial charge is 0.254 e. The third-order valence-corrected chi connectivity index (χ3v) is 1.21. The minimum Gasteiger partial charge on any atom is -0.576 e. The number of hydrogen-bond acceptors (Lipinski definition) is 0. The predicted molar refractivity (Wildman–Crippen MR) is 38.8 cm³/mol. The SMILES string of the molecule is C[O+](C)c1ccccc1. The minimum atomic E-state index is 1.16. The molecule has 0 heterocycles. The second-order valence-corrected chi connectivity index (χ2v) is 2.13. The highest BCUT2D eigenvalue weighted by Crippen LogP contribution is 2.16. The molecule has 0 aliphatic carbocycles. The molecule has 0 fully saturated rings. The summed E-state index contributed by atoms with van der Waals surface area (Å²) in [5, 5.41) is 0.